The Kier molecular flexibility index (Phi) is 2.90. The predicted octanol–water partition coefficient (Wildman–Crippen LogP) is 2.61. The lowest BCUT2D eigenvalue weighted by Crippen LogP contribution is -2.25. The van der Waals surface area contributed by atoms with Gasteiger partial charge in [0, 0.05) is 15.8 Å². The number of hydrogen-bond donors (Lipinski definition) is 0. The van der Waals surface area contributed by atoms with Gasteiger partial charge < -0.3 is 4.42 Å². The van der Waals surface area contributed by atoms with Crippen LogP contribution in [0.1, 0.15) is 4.88 Å². The molecule has 3 aromatic heterocycles. The van der Waals surface area contributed by atoms with Gasteiger partial charge in [0.05, 0.1) is 6.54 Å². The molecule has 0 aliphatic heterocycles. The Morgan fingerprint density at radius 1 is 1.14 bits per heavy atom. The first-order valence-corrected chi connectivity index (χ1v) is 7.50. The van der Waals surface area contributed by atoms with E-state index >= 15 is 0 Å². The zero-order chi connectivity index (χ0) is 15.1. The molecule has 0 saturated carbocycles. The fraction of sp³-hybridized carbons (Fsp3) is 0.0625. The summed E-state index contributed by atoms with van der Waals surface area (Å²) >= 11 is 1.61. The van der Waals surface area contributed by atoms with E-state index in [-0.39, 0.29) is 0 Å². The van der Waals surface area contributed by atoms with E-state index in [1.807, 2.05) is 30.3 Å². The Balaban J connectivity index is 1.91. The Morgan fingerprint density at radius 3 is 2.86 bits per heavy atom. The summed E-state index contributed by atoms with van der Waals surface area (Å²) < 4.78 is 7.33. The lowest BCUT2D eigenvalue weighted by molar-refractivity contribution is 0.424. The Morgan fingerprint density at radius 2 is 2.00 bits per heavy atom. The molecule has 0 saturated heterocycles. The second-order valence-electron chi connectivity index (χ2n) is 4.87. The summed E-state index contributed by atoms with van der Waals surface area (Å²) in [6.45, 7) is 0.329. The molecule has 0 amide bonds. The number of hydrogen-bond acceptors (Lipinski definition) is 5. The van der Waals surface area contributed by atoms with E-state index in [0.29, 0.717) is 17.6 Å². The van der Waals surface area contributed by atoms with Crippen molar-refractivity contribution in [2.45, 2.75) is 6.54 Å². The van der Waals surface area contributed by atoms with E-state index < -0.39 is 11.4 Å². The average molecular weight is 310 g/mol. The molecule has 1 aromatic carbocycles. The Hall–Kier alpha value is -2.73. The first kappa shape index (κ1) is 13.0. The molecule has 0 N–H and O–H groups in total. The van der Waals surface area contributed by atoms with Gasteiger partial charge in [-0.25, -0.2) is 14.6 Å². The maximum absolute atomic E-state index is 12.0. The van der Waals surface area contributed by atoms with Crippen LogP contribution in [0.5, 0.6) is 0 Å². The van der Waals surface area contributed by atoms with E-state index in [9.17, 15) is 9.59 Å². The van der Waals surface area contributed by atoms with Crippen molar-refractivity contribution in [1.82, 2.24) is 9.55 Å². The Labute approximate surface area is 128 Å². The summed E-state index contributed by atoms with van der Waals surface area (Å²) in [5.41, 5.74) is -0.304. The van der Waals surface area contributed by atoms with Crippen molar-refractivity contribution in [2.24, 2.45) is 0 Å². The van der Waals surface area contributed by atoms with Gasteiger partial charge in [-0.05, 0) is 29.7 Å². The molecule has 0 bridgehead atoms. The van der Waals surface area contributed by atoms with Crippen molar-refractivity contribution in [2.75, 3.05) is 0 Å². The minimum Gasteiger partial charge on any atom is -0.372 e. The van der Waals surface area contributed by atoms with Crippen molar-refractivity contribution in [1.29, 1.82) is 0 Å². The summed E-state index contributed by atoms with van der Waals surface area (Å²) in [5, 5.41) is 1.44. The summed E-state index contributed by atoms with van der Waals surface area (Å²) in [7, 11) is 0. The van der Waals surface area contributed by atoms with Crippen LogP contribution in [0.3, 0.4) is 0 Å². The fourth-order valence-electron chi connectivity index (χ4n) is 2.46. The summed E-state index contributed by atoms with van der Waals surface area (Å²) in [5.74, 6) is -0.686. The van der Waals surface area contributed by atoms with Crippen molar-refractivity contribution in [3.05, 3.63) is 74.5 Å². The molecule has 0 aliphatic rings. The monoisotopic (exact) mass is 310 g/mol. The van der Waals surface area contributed by atoms with Crippen LogP contribution >= 0.6 is 11.3 Å². The highest BCUT2D eigenvalue weighted by Crippen LogP contribution is 2.25. The largest absolute Gasteiger partial charge is 0.423 e. The van der Waals surface area contributed by atoms with Crippen LogP contribution in [-0.2, 0) is 6.54 Å². The van der Waals surface area contributed by atoms with Gasteiger partial charge in [0.2, 0.25) is 0 Å². The third-order valence-electron chi connectivity index (χ3n) is 3.45. The third-order valence-corrected chi connectivity index (χ3v) is 4.55. The van der Waals surface area contributed by atoms with Gasteiger partial charge in [0.15, 0.2) is 5.65 Å². The Bertz CT molecular complexity index is 1070. The molecule has 0 aliphatic carbocycles. The number of pyridine rings is 1. The lowest BCUT2D eigenvalue weighted by atomic mass is 10.2. The lowest BCUT2D eigenvalue weighted by Gasteiger charge is -2.05. The number of rotatable bonds is 2. The van der Waals surface area contributed by atoms with Crippen molar-refractivity contribution in [3.63, 3.8) is 0 Å². The van der Waals surface area contributed by atoms with Gasteiger partial charge in [-0.15, -0.1) is 11.3 Å². The molecule has 0 unspecified atom stereocenters. The maximum atomic E-state index is 12.0. The van der Waals surface area contributed by atoms with Crippen LogP contribution in [0, 0.1) is 0 Å². The molecule has 6 heteroatoms. The van der Waals surface area contributed by atoms with Crippen molar-refractivity contribution in [3.8, 4) is 0 Å². The van der Waals surface area contributed by atoms with Crippen LogP contribution in [0.15, 0.2) is 62.7 Å². The molecule has 0 spiro atoms. The minimum atomic E-state index is -0.686. The molecule has 0 fully saturated rings. The van der Waals surface area contributed by atoms with E-state index in [1.54, 1.807) is 29.7 Å². The van der Waals surface area contributed by atoms with Gasteiger partial charge in [0.25, 0.3) is 0 Å². The van der Waals surface area contributed by atoms with Gasteiger partial charge in [-0.2, -0.15) is 0 Å². The van der Waals surface area contributed by atoms with Crippen LogP contribution < -0.4 is 11.4 Å². The van der Waals surface area contributed by atoms with Crippen molar-refractivity contribution < 1.29 is 4.42 Å². The molecular weight excluding hydrogens is 300 g/mol. The first-order chi connectivity index (χ1) is 10.7. The fourth-order valence-corrected chi connectivity index (χ4v) is 3.51. The smallest absolute Gasteiger partial charge is 0.372 e. The zero-order valence-corrected chi connectivity index (χ0v) is 12.2. The SMILES string of the molecule is O=c1oc(=O)n(Cc2cc3ccccc3s2)c2ncccc12. The highest BCUT2D eigenvalue weighted by molar-refractivity contribution is 7.19. The minimum absolute atomic E-state index is 0.309. The van der Waals surface area contributed by atoms with Crippen LogP contribution in [0.2, 0.25) is 0 Å². The molecule has 3 heterocycles. The molecule has 22 heavy (non-hydrogen) atoms. The number of fused-ring (bicyclic) bond motifs is 2. The predicted molar refractivity (Wildman–Crippen MR) is 85.5 cm³/mol. The van der Waals surface area contributed by atoms with E-state index in [4.69, 9.17) is 4.42 Å². The molecular formula is C16H10N2O3S. The van der Waals surface area contributed by atoms with Crippen LogP contribution in [-0.4, -0.2) is 9.55 Å². The number of nitrogens with zero attached hydrogens (tertiary/aromatic N) is 2. The van der Waals surface area contributed by atoms with Gasteiger partial charge in [0.1, 0.15) is 5.39 Å². The first-order valence-electron chi connectivity index (χ1n) is 6.68. The number of benzene rings is 1. The molecule has 108 valence electrons. The molecule has 0 atom stereocenters. The second kappa shape index (κ2) is 4.92. The van der Waals surface area contributed by atoms with Gasteiger partial charge in [-0.3, -0.25) is 4.57 Å². The molecule has 4 rings (SSSR count). The summed E-state index contributed by atoms with van der Waals surface area (Å²) in [6.07, 6.45) is 1.56. The zero-order valence-electron chi connectivity index (χ0n) is 11.4. The van der Waals surface area contributed by atoms with Crippen molar-refractivity contribution >= 4 is 32.5 Å². The van der Waals surface area contributed by atoms with Crippen LogP contribution in [0.25, 0.3) is 21.1 Å². The van der Waals surface area contributed by atoms with E-state index in [1.165, 1.54) is 4.57 Å². The standard InChI is InChI=1S/C16H10N2O3S/c19-15-12-5-3-7-17-14(12)18(16(20)21-15)9-11-8-10-4-1-2-6-13(10)22-11/h1-8H,9H2. The molecule has 0 radical (unpaired) electrons. The second-order valence-corrected chi connectivity index (χ2v) is 6.04. The summed E-state index contributed by atoms with van der Waals surface area (Å²) in [6, 6.07) is 13.3. The number of thiophene rings is 1. The van der Waals surface area contributed by atoms with Gasteiger partial charge >= 0.3 is 11.4 Å². The van der Waals surface area contributed by atoms with Gasteiger partial charge in [-0.1, -0.05) is 18.2 Å². The normalized spacial score (nSPS) is 11.3. The third kappa shape index (κ3) is 2.05. The highest BCUT2D eigenvalue weighted by Gasteiger charge is 2.11. The maximum Gasteiger partial charge on any atom is 0.423 e. The topological polar surface area (TPSA) is 65.1 Å². The van der Waals surface area contributed by atoms with E-state index in [2.05, 4.69) is 4.98 Å². The average Bonchev–Trinajstić information content (AvgIpc) is 2.94. The molecule has 4 aromatic rings. The van der Waals surface area contributed by atoms with E-state index in [0.717, 1.165) is 15.0 Å². The summed E-state index contributed by atoms with van der Waals surface area (Å²) in [4.78, 5) is 28.9. The number of aromatic nitrogens is 2. The highest BCUT2D eigenvalue weighted by atomic mass is 32.1. The quantitative estimate of drug-likeness (QED) is 0.571. The molecule has 5 nitrogen and oxygen atoms in total. The van der Waals surface area contributed by atoms with Crippen LogP contribution in [0.4, 0.5) is 0 Å².